The third-order valence-corrected chi connectivity index (χ3v) is 6.68. The van der Waals surface area contributed by atoms with Crippen LogP contribution in [0.1, 0.15) is 30.4 Å². The molecule has 1 spiro atoms. The van der Waals surface area contributed by atoms with Gasteiger partial charge < -0.3 is 18.9 Å². The first-order chi connectivity index (χ1) is 13.0. The number of benzene rings is 1. The average molecular weight is 373 g/mol. The van der Waals surface area contributed by atoms with Crippen LogP contribution >= 0.6 is 0 Å². The minimum atomic E-state index is -1.11. The highest BCUT2D eigenvalue weighted by Gasteiger charge is 2.61. The van der Waals surface area contributed by atoms with Gasteiger partial charge in [-0.1, -0.05) is 0 Å². The molecule has 0 aromatic heterocycles. The van der Waals surface area contributed by atoms with Crippen molar-refractivity contribution < 1.29 is 23.7 Å². The van der Waals surface area contributed by atoms with Crippen molar-refractivity contribution in [2.45, 2.75) is 36.8 Å². The number of Topliss-reactive ketones (excluding diaryl/α,β-unsaturated/α-hetero) is 1. The number of nitrogens with zero attached hydrogens (tertiary/aromatic N) is 1. The number of ketones is 1. The molecule has 0 saturated carbocycles. The standard InChI is InChI=1S/C21H27NO5/c1-22-9-8-20-12-18(23)21(22,27-5)19(26-4)14(20)7-6-13-10-16(24-2)17(25-3)11-15(13)20/h10-11H,6-9,12H2,1-5H3/t20-,21+/m1/s1. The predicted octanol–water partition coefficient (Wildman–Crippen LogP) is 2.44. The van der Waals surface area contributed by atoms with E-state index in [4.69, 9.17) is 18.9 Å². The van der Waals surface area contributed by atoms with Crippen molar-refractivity contribution in [1.82, 2.24) is 4.90 Å². The van der Waals surface area contributed by atoms with Crippen molar-refractivity contribution in [1.29, 1.82) is 0 Å². The van der Waals surface area contributed by atoms with E-state index in [1.54, 1.807) is 28.4 Å². The fourth-order valence-electron chi connectivity index (χ4n) is 5.39. The van der Waals surface area contributed by atoms with Crippen LogP contribution in [0.25, 0.3) is 0 Å². The molecule has 5 rings (SSSR count). The van der Waals surface area contributed by atoms with Gasteiger partial charge in [-0.05, 0) is 55.1 Å². The lowest BCUT2D eigenvalue weighted by Crippen LogP contribution is -2.58. The summed E-state index contributed by atoms with van der Waals surface area (Å²) in [6, 6.07) is 4.11. The SMILES string of the molecule is COC1=C2CCc3cc(OC)c(OC)cc3[C@@]23CCN(C)[C@]1(OC)C(=O)C3. The summed E-state index contributed by atoms with van der Waals surface area (Å²) >= 11 is 0. The molecule has 0 amide bonds. The monoisotopic (exact) mass is 373 g/mol. The Morgan fingerprint density at radius 3 is 2.33 bits per heavy atom. The van der Waals surface area contributed by atoms with Crippen LogP contribution in [0.3, 0.4) is 0 Å². The summed E-state index contributed by atoms with van der Waals surface area (Å²) in [5, 5.41) is 0. The zero-order valence-corrected chi connectivity index (χ0v) is 16.7. The second-order valence-corrected chi connectivity index (χ2v) is 7.58. The summed E-state index contributed by atoms with van der Waals surface area (Å²) < 4.78 is 22.8. The highest BCUT2D eigenvalue weighted by Crippen LogP contribution is 2.57. The van der Waals surface area contributed by atoms with Gasteiger partial charge in [-0.25, -0.2) is 0 Å². The van der Waals surface area contributed by atoms with Gasteiger partial charge in [0, 0.05) is 25.5 Å². The van der Waals surface area contributed by atoms with Gasteiger partial charge in [0.05, 0.1) is 21.3 Å². The largest absolute Gasteiger partial charge is 0.496 e. The molecule has 2 atom stereocenters. The fraction of sp³-hybridized carbons (Fsp3) is 0.571. The Morgan fingerprint density at radius 1 is 1.00 bits per heavy atom. The van der Waals surface area contributed by atoms with E-state index < -0.39 is 5.72 Å². The van der Waals surface area contributed by atoms with Crippen LogP contribution in [0.5, 0.6) is 11.5 Å². The number of hydrogen-bond donors (Lipinski definition) is 0. The zero-order valence-electron chi connectivity index (χ0n) is 16.7. The number of methoxy groups -OCH3 is 4. The number of ether oxygens (including phenoxy) is 4. The third kappa shape index (κ3) is 2.17. The molecular weight excluding hydrogens is 346 g/mol. The minimum absolute atomic E-state index is 0.0493. The molecule has 4 aliphatic rings. The number of carbonyl (C=O) groups is 1. The van der Waals surface area contributed by atoms with Crippen LogP contribution in [0.2, 0.25) is 0 Å². The first kappa shape index (κ1) is 18.3. The van der Waals surface area contributed by atoms with E-state index in [0.717, 1.165) is 37.1 Å². The Labute approximate surface area is 160 Å². The number of aryl methyl sites for hydroxylation is 1. The van der Waals surface area contributed by atoms with Crippen LogP contribution in [-0.4, -0.2) is 58.4 Å². The molecule has 1 aromatic carbocycles. The van der Waals surface area contributed by atoms with Crippen molar-refractivity contribution in [3.63, 3.8) is 0 Å². The van der Waals surface area contributed by atoms with Crippen LogP contribution in [0.15, 0.2) is 23.5 Å². The fourth-order valence-corrected chi connectivity index (χ4v) is 5.39. The van der Waals surface area contributed by atoms with Crippen molar-refractivity contribution in [2.75, 3.05) is 42.0 Å². The first-order valence-corrected chi connectivity index (χ1v) is 9.31. The Balaban J connectivity index is 2.02. The minimum Gasteiger partial charge on any atom is -0.496 e. The highest BCUT2D eigenvalue weighted by molar-refractivity contribution is 5.94. The number of carbonyl (C=O) groups excluding carboxylic acids is 1. The maximum atomic E-state index is 13.4. The Kier molecular flexibility index (Phi) is 4.24. The van der Waals surface area contributed by atoms with Crippen LogP contribution in [0.4, 0.5) is 0 Å². The number of allylic oxidation sites excluding steroid dienone is 1. The van der Waals surface area contributed by atoms with Gasteiger partial charge >= 0.3 is 0 Å². The number of rotatable bonds is 4. The van der Waals surface area contributed by atoms with Crippen LogP contribution in [0, 0.1) is 0 Å². The summed E-state index contributed by atoms with van der Waals surface area (Å²) in [6.45, 7) is 0.740. The molecule has 0 unspecified atom stereocenters. The number of hydrogen-bond acceptors (Lipinski definition) is 6. The highest BCUT2D eigenvalue weighted by atomic mass is 16.6. The van der Waals surface area contributed by atoms with E-state index in [1.807, 2.05) is 11.9 Å². The van der Waals surface area contributed by atoms with Gasteiger partial charge in [-0.15, -0.1) is 0 Å². The zero-order chi connectivity index (χ0) is 19.4. The maximum absolute atomic E-state index is 13.4. The molecule has 2 heterocycles. The molecule has 27 heavy (non-hydrogen) atoms. The molecule has 1 fully saturated rings. The molecule has 6 heteroatoms. The predicted molar refractivity (Wildman–Crippen MR) is 100 cm³/mol. The van der Waals surface area contributed by atoms with E-state index in [0.29, 0.717) is 17.9 Å². The summed E-state index contributed by atoms with van der Waals surface area (Å²) in [5.41, 5.74) is 2.08. The quantitative estimate of drug-likeness (QED) is 0.808. The van der Waals surface area contributed by atoms with Crippen molar-refractivity contribution in [3.05, 3.63) is 34.6 Å². The molecule has 0 N–H and O–H groups in total. The average Bonchev–Trinajstić information content (AvgIpc) is 2.87. The van der Waals surface area contributed by atoms with Gasteiger partial charge in [-0.3, -0.25) is 9.69 Å². The van der Waals surface area contributed by atoms with Crippen LogP contribution in [-0.2, 0) is 26.1 Å². The molecule has 2 aliphatic carbocycles. The van der Waals surface area contributed by atoms with E-state index in [-0.39, 0.29) is 11.2 Å². The molecule has 0 radical (unpaired) electrons. The van der Waals surface area contributed by atoms with Gasteiger partial charge in [0.15, 0.2) is 23.0 Å². The van der Waals surface area contributed by atoms with E-state index in [9.17, 15) is 4.79 Å². The smallest absolute Gasteiger partial charge is 0.239 e. The topological polar surface area (TPSA) is 57.2 Å². The lowest BCUT2D eigenvalue weighted by atomic mass is 9.59. The Bertz CT molecular complexity index is 832. The summed E-state index contributed by atoms with van der Waals surface area (Å²) in [5.74, 6) is 2.14. The number of likely N-dealkylation sites (N-methyl/N-ethyl adjacent to an activating group) is 1. The van der Waals surface area contributed by atoms with E-state index >= 15 is 0 Å². The van der Waals surface area contributed by atoms with E-state index in [2.05, 4.69) is 12.1 Å². The molecule has 2 aliphatic heterocycles. The van der Waals surface area contributed by atoms with Crippen molar-refractivity contribution in [3.8, 4) is 11.5 Å². The summed E-state index contributed by atoms with van der Waals surface area (Å²) in [6.07, 6.45) is 2.97. The lowest BCUT2D eigenvalue weighted by Gasteiger charge is -2.47. The molecule has 2 bridgehead atoms. The van der Waals surface area contributed by atoms with Gasteiger partial charge in [0.2, 0.25) is 5.72 Å². The third-order valence-electron chi connectivity index (χ3n) is 6.68. The second kappa shape index (κ2) is 6.24. The molecule has 1 saturated heterocycles. The maximum Gasteiger partial charge on any atom is 0.239 e. The second-order valence-electron chi connectivity index (χ2n) is 7.58. The van der Waals surface area contributed by atoms with Crippen molar-refractivity contribution in [2.24, 2.45) is 0 Å². The Hall–Kier alpha value is -2.05. The Morgan fingerprint density at radius 2 is 1.70 bits per heavy atom. The van der Waals surface area contributed by atoms with Crippen molar-refractivity contribution >= 4 is 5.78 Å². The molecule has 1 aromatic rings. The molecule has 6 nitrogen and oxygen atoms in total. The molecule has 146 valence electrons. The molecular formula is C21H27NO5. The first-order valence-electron chi connectivity index (χ1n) is 9.31. The lowest BCUT2D eigenvalue weighted by molar-refractivity contribution is -0.165. The van der Waals surface area contributed by atoms with Gasteiger partial charge in [0.25, 0.3) is 0 Å². The van der Waals surface area contributed by atoms with E-state index in [1.165, 1.54) is 11.1 Å². The number of fused-ring (bicyclic) bond motifs is 4. The normalized spacial score (nSPS) is 29.9. The summed E-state index contributed by atoms with van der Waals surface area (Å²) in [4.78, 5) is 15.4. The van der Waals surface area contributed by atoms with Gasteiger partial charge in [-0.2, -0.15) is 0 Å². The van der Waals surface area contributed by atoms with Crippen LogP contribution < -0.4 is 9.47 Å². The summed E-state index contributed by atoms with van der Waals surface area (Å²) in [7, 11) is 8.47. The van der Waals surface area contributed by atoms with Gasteiger partial charge in [0.1, 0.15) is 0 Å².